The van der Waals surface area contributed by atoms with Crippen molar-refractivity contribution in [1.82, 2.24) is 10.2 Å². The molecule has 1 aromatic heterocycles. The van der Waals surface area contributed by atoms with Crippen molar-refractivity contribution in [3.63, 3.8) is 0 Å². The maximum Gasteiger partial charge on any atom is 0.158 e. The first kappa shape index (κ1) is 15.2. The lowest BCUT2D eigenvalue weighted by Crippen LogP contribution is -2.21. The van der Waals surface area contributed by atoms with E-state index in [9.17, 15) is 0 Å². The molecular formula is C15H19N5S. The first-order valence-corrected chi connectivity index (χ1v) is 7.21. The predicted molar refractivity (Wildman–Crippen MR) is 90.7 cm³/mol. The Balaban J connectivity index is 1.81. The number of thiocarbonyl (C=S) groups is 1. The minimum Gasteiger partial charge on any atom is -0.389 e. The van der Waals surface area contributed by atoms with E-state index in [1.165, 1.54) is 5.69 Å². The number of rotatable bonds is 7. The largest absolute Gasteiger partial charge is 0.389 e. The van der Waals surface area contributed by atoms with Crippen molar-refractivity contribution >= 4 is 28.7 Å². The summed E-state index contributed by atoms with van der Waals surface area (Å²) in [7, 11) is 2.08. The fourth-order valence-corrected chi connectivity index (χ4v) is 2.16. The average Bonchev–Trinajstić information content (AvgIpc) is 2.52. The number of benzene rings is 1. The monoisotopic (exact) mass is 301 g/mol. The van der Waals surface area contributed by atoms with Crippen LogP contribution in [0.4, 0.5) is 11.5 Å². The fourth-order valence-electron chi connectivity index (χ4n) is 2.00. The molecule has 21 heavy (non-hydrogen) atoms. The van der Waals surface area contributed by atoms with Gasteiger partial charge in [0.2, 0.25) is 0 Å². The van der Waals surface area contributed by atoms with E-state index in [1.54, 1.807) is 12.3 Å². The summed E-state index contributed by atoms with van der Waals surface area (Å²) in [5, 5.41) is 11.1. The van der Waals surface area contributed by atoms with Gasteiger partial charge in [0, 0.05) is 25.8 Å². The molecule has 0 saturated heterocycles. The number of hydrogen-bond acceptors (Lipinski definition) is 5. The second-order valence-corrected chi connectivity index (χ2v) is 5.14. The van der Waals surface area contributed by atoms with Crippen molar-refractivity contribution in [2.45, 2.75) is 6.42 Å². The third kappa shape index (κ3) is 4.39. The Morgan fingerprint density at radius 3 is 2.76 bits per heavy atom. The van der Waals surface area contributed by atoms with Crippen LogP contribution in [0.25, 0.3) is 0 Å². The zero-order valence-electron chi connectivity index (χ0n) is 12.0. The van der Waals surface area contributed by atoms with Gasteiger partial charge in [-0.15, -0.1) is 5.10 Å². The lowest BCUT2D eigenvalue weighted by molar-refractivity contribution is 0.811. The Hall–Kier alpha value is -2.21. The molecule has 0 atom stereocenters. The molecule has 1 heterocycles. The lowest BCUT2D eigenvalue weighted by atomic mass is 10.2. The third-order valence-electron chi connectivity index (χ3n) is 3.15. The van der Waals surface area contributed by atoms with E-state index in [2.05, 4.69) is 39.6 Å². The quantitative estimate of drug-likeness (QED) is 0.603. The molecule has 0 aliphatic heterocycles. The maximum atomic E-state index is 5.66. The molecule has 0 bridgehead atoms. The minimum atomic E-state index is 0.328. The van der Waals surface area contributed by atoms with E-state index in [1.807, 2.05) is 18.2 Å². The highest BCUT2D eigenvalue weighted by molar-refractivity contribution is 7.80. The minimum absolute atomic E-state index is 0.328. The van der Waals surface area contributed by atoms with Crippen LogP contribution < -0.4 is 16.0 Å². The van der Waals surface area contributed by atoms with Gasteiger partial charge in [-0.1, -0.05) is 30.4 Å². The Morgan fingerprint density at radius 1 is 1.29 bits per heavy atom. The zero-order valence-corrected chi connectivity index (χ0v) is 12.8. The van der Waals surface area contributed by atoms with Gasteiger partial charge in [0.25, 0.3) is 0 Å². The van der Waals surface area contributed by atoms with Gasteiger partial charge in [-0.3, -0.25) is 0 Å². The summed E-state index contributed by atoms with van der Waals surface area (Å²) in [5.41, 5.74) is 7.60. The van der Waals surface area contributed by atoms with Crippen LogP contribution in [0.5, 0.6) is 0 Å². The molecule has 2 aromatic rings. The van der Waals surface area contributed by atoms with Gasteiger partial charge >= 0.3 is 0 Å². The molecule has 110 valence electrons. The number of anilines is 2. The number of nitrogens with zero attached hydrogens (tertiary/aromatic N) is 3. The molecule has 0 aliphatic rings. The van der Waals surface area contributed by atoms with Crippen molar-refractivity contribution in [2.24, 2.45) is 5.73 Å². The second kappa shape index (κ2) is 7.54. The van der Waals surface area contributed by atoms with Gasteiger partial charge in [-0.05, 0) is 24.6 Å². The highest BCUT2D eigenvalue weighted by Crippen LogP contribution is 2.12. The highest BCUT2D eigenvalue weighted by atomic mass is 32.1. The summed E-state index contributed by atoms with van der Waals surface area (Å²) >= 11 is 5.00. The SMILES string of the molecule is CN(CCCNc1nnccc1C(N)=S)c1ccccc1. The van der Waals surface area contributed by atoms with Crippen LogP contribution in [-0.4, -0.2) is 35.3 Å². The van der Waals surface area contributed by atoms with E-state index in [0.29, 0.717) is 10.8 Å². The summed E-state index contributed by atoms with van der Waals surface area (Å²) in [6, 6.07) is 12.1. The molecule has 0 radical (unpaired) electrons. The average molecular weight is 301 g/mol. The summed E-state index contributed by atoms with van der Waals surface area (Å²) in [6.07, 6.45) is 2.56. The highest BCUT2D eigenvalue weighted by Gasteiger charge is 2.06. The molecule has 0 aliphatic carbocycles. The van der Waals surface area contributed by atoms with Crippen LogP contribution >= 0.6 is 12.2 Å². The standard InChI is InChI=1S/C15H19N5S/c1-20(12-6-3-2-4-7-12)11-5-9-17-15-13(14(16)21)8-10-18-19-15/h2-4,6-8,10H,5,9,11H2,1H3,(H2,16,21)(H,17,19). The van der Waals surface area contributed by atoms with Crippen LogP contribution in [-0.2, 0) is 0 Å². The Morgan fingerprint density at radius 2 is 2.05 bits per heavy atom. The van der Waals surface area contributed by atoms with Crippen molar-refractivity contribution < 1.29 is 0 Å². The summed E-state index contributed by atoms with van der Waals surface area (Å²) in [5.74, 6) is 0.646. The molecule has 3 N–H and O–H groups in total. The number of nitrogens with two attached hydrogens (primary N) is 1. The third-order valence-corrected chi connectivity index (χ3v) is 3.37. The van der Waals surface area contributed by atoms with Crippen LogP contribution in [0.1, 0.15) is 12.0 Å². The molecule has 0 amide bonds. The van der Waals surface area contributed by atoms with Gasteiger partial charge in [-0.2, -0.15) is 5.10 Å². The first-order chi connectivity index (χ1) is 10.2. The van der Waals surface area contributed by atoms with Gasteiger partial charge in [0.05, 0.1) is 11.8 Å². The van der Waals surface area contributed by atoms with Crippen LogP contribution in [0.2, 0.25) is 0 Å². The number of para-hydroxylation sites is 1. The van der Waals surface area contributed by atoms with E-state index < -0.39 is 0 Å². The topological polar surface area (TPSA) is 67.1 Å². The normalized spacial score (nSPS) is 10.1. The summed E-state index contributed by atoms with van der Waals surface area (Å²) < 4.78 is 0. The Labute approximate surface area is 130 Å². The molecule has 0 fully saturated rings. The van der Waals surface area contributed by atoms with Crippen molar-refractivity contribution in [2.75, 3.05) is 30.4 Å². The van der Waals surface area contributed by atoms with E-state index >= 15 is 0 Å². The smallest absolute Gasteiger partial charge is 0.158 e. The fraction of sp³-hybridized carbons (Fsp3) is 0.267. The molecule has 0 saturated carbocycles. The predicted octanol–water partition coefficient (Wildman–Crippen LogP) is 2.05. The van der Waals surface area contributed by atoms with Gasteiger partial charge in [0.15, 0.2) is 5.82 Å². The lowest BCUT2D eigenvalue weighted by Gasteiger charge is -2.19. The van der Waals surface area contributed by atoms with Crippen LogP contribution in [0.15, 0.2) is 42.6 Å². The number of hydrogen-bond donors (Lipinski definition) is 2. The Kier molecular flexibility index (Phi) is 5.45. The summed E-state index contributed by atoms with van der Waals surface area (Å²) in [4.78, 5) is 2.54. The van der Waals surface area contributed by atoms with E-state index in [-0.39, 0.29) is 0 Å². The van der Waals surface area contributed by atoms with Crippen LogP contribution in [0, 0.1) is 0 Å². The molecule has 2 rings (SSSR count). The van der Waals surface area contributed by atoms with Gasteiger partial charge < -0.3 is 16.0 Å². The van der Waals surface area contributed by atoms with Gasteiger partial charge in [-0.25, -0.2) is 0 Å². The van der Waals surface area contributed by atoms with Crippen molar-refractivity contribution in [1.29, 1.82) is 0 Å². The number of nitrogens with one attached hydrogen (secondary N) is 1. The van der Waals surface area contributed by atoms with E-state index in [0.717, 1.165) is 25.1 Å². The zero-order chi connectivity index (χ0) is 15.1. The van der Waals surface area contributed by atoms with Crippen molar-refractivity contribution in [3.8, 4) is 0 Å². The second-order valence-electron chi connectivity index (χ2n) is 4.70. The number of aromatic nitrogens is 2. The van der Waals surface area contributed by atoms with Crippen LogP contribution in [0.3, 0.4) is 0 Å². The molecule has 6 heteroatoms. The van der Waals surface area contributed by atoms with Crippen molar-refractivity contribution in [3.05, 3.63) is 48.2 Å². The summed E-state index contributed by atoms with van der Waals surface area (Å²) in [6.45, 7) is 1.73. The molecule has 5 nitrogen and oxygen atoms in total. The molecule has 0 spiro atoms. The maximum absolute atomic E-state index is 5.66. The molecule has 1 aromatic carbocycles. The Bertz CT molecular complexity index is 588. The first-order valence-electron chi connectivity index (χ1n) is 6.80. The molecule has 0 unspecified atom stereocenters. The molecular weight excluding hydrogens is 282 g/mol. The van der Waals surface area contributed by atoms with E-state index in [4.69, 9.17) is 18.0 Å². The van der Waals surface area contributed by atoms with Gasteiger partial charge in [0.1, 0.15) is 4.99 Å².